The van der Waals surface area contributed by atoms with Crippen LogP contribution in [0.25, 0.3) is 11.0 Å². The van der Waals surface area contributed by atoms with Crippen LogP contribution >= 0.6 is 0 Å². The fraction of sp³-hybridized carbons (Fsp3) is 0.348. The Kier molecular flexibility index (Phi) is 7.61. The minimum atomic E-state index is -0.284. The third-order valence-corrected chi connectivity index (χ3v) is 4.58. The maximum Gasteiger partial charge on any atom is 0.319 e. The molecule has 3 amide bonds. The van der Waals surface area contributed by atoms with E-state index < -0.39 is 0 Å². The fourth-order valence-electron chi connectivity index (χ4n) is 3.17. The standard InChI is InChI=1S/C23H29N5O3/c1-4-31-15-7-14-28-20-9-6-5-8-19(20)26-22(28)27-21(29)17-10-12-18(13-11-17)25-23(30)24-16(2)3/h5-6,8-13,16H,4,7,14-15H2,1-3H3,(H2,24,25,30)(H,26,27,29). The summed E-state index contributed by atoms with van der Waals surface area (Å²) in [4.78, 5) is 29.2. The maximum absolute atomic E-state index is 12.8. The van der Waals surface area contributed by atoms with Gasteiger partial charge in [-0.25, -0.2) is 9.78 Å². The van der Waals surface area contributed by atoms with Gasteiger partial charge in [0.05, 0.1) is 11.0 Å². The van der Waals surface area contributed by atoms with Gasteiger partial charge in [-0.3, -0.25) is 10.1 Å². The Balaban J connectivity index is 1.71. The van der Waals surface area contributed by atoms with Crippen molar-refractivity contribution in [2.24, 2.45) is 0 Å². The van der Waals surface area contributed by atoms with E-state index in [2.05, 4.69) is 20.9 Å². The van der Waals surface area contributed by atoms with E-state index in [4.69, 9.17) is 4.74 Å². The predicted octanol–water partition coefficient (Wildman–Crippen LogP) is 4.25. The number of imidazole rings is 1. The second kappa shape index (κ2) is 10.6. The summed E-state index contributed by atoms with van der Waals surface area (Å²) in [6, 6.07) is 14.3. The summed E-state index contributed by atoms with van der Waals surface area (Å²) in [6.45, 7) is 7.75. The molecule has 0 aliphatic rings. The number of hydrogen-bond acceptors (Lipinski definition) is 4. The molecule has 0 saturated heterocycles. The van der Waals surface area contributed by atoms with Gasteiger partial charge in [0.1, 0.15) is 0 Å². The van der Waals surface area contributed by atoms with Gasteiger partial charge >= 0.3 is 6.03 Å². The number of urea groups is 1. The molecule has 0 radical (unpaired) electrons. The van der Waals surface area contributed by atoms with Gasteiger partial charge in [-0.2, -0.15) is 0 Å². The van der Waals surface area contributed by atoms with Crippen molar-refractivity contribution in [1.29, 1.82) is 0 Å². The summed E-state index contributed by atoms with van der Waals surface area (Å²) in [5.74, 6) is 0.237. The zero-order valence-corrected chi connectivity index (χ0v) is 18.1. The highest BCUT2D eigenvalue weighted by molar-refractivity contribution is 6.04. The van der Waals surface area contributed by atoms with Crippen LogP contribution in [0.5, 0.6) is 0 Å². The highest BCUT2D eigenvalue weighted by atomic mass is 16.5. The van der Waals surface area contributed by atoms with Gasteiger partial charge in [-0.15, -0.1) is 0 Å². The zero-order valence-electron chi connectivity index (χ0n) is 18.1. The first-order valence-electron chi connectivity index (χ1n) is 10.5. The van der Waals surface area contributed by atoms with Crippen molar-refractivity contribution in [3.8, 4) is 0 Å². The van der Waals surface area contributed by atoms with E-state index >= 15 is 0 Å². The lowest BCUT2D eigenvalue weighted by atomic mass is 10.2. The first-order valence-corrected chi connectivity index (χ1v) is 10.5. The third-order valence-electron chi connectivity index (χ3n) is 4.58. The number of carbonyl (C=O) groups is 2. The molecule has 0 atom stereocenters. The molecule has 0 bridgehead atoms. The van der Waals surface area contributed by atoms with Crippen molar-refractivity contribution in [1.82, 2.24) is 14.9 Å². The second-order valence-electron chi connectivity index (χ2n) is 7.41. The Morgan fingerprint density at radius 3 is 2.52 bits per heavy atom. The molecule has 8 heteroatoms. The molecule has 0 saturated carbocycles. The summed E-state index contributed by atoms with van der Waals surface area (Å²) in [6.07, 6.45) is 0.815. The molecule has 8 nitrogen and oxygen atoms in total. The van der Waals surface area contributed by atoms with Crippen LogP contribution in [0.15, 0.2) is 48.5 Å². The number of carbonyl (C=O) groups excluding carboxylic acids is 2. The quantitative estimate of drug-likeness (QED) is 0.448. The minimum Gasteiger partial charge on any atom is -0.382 e. The van der Waals surface area contributed by atoms with Crippen LogP contribution in [-0.4, -0.2) is 40.7 Å². The molecule has 0 aliphatic carbocycles. The lowest BCUT2D eigenvalue weighted by Gasteiger charge is -2.11. The molecule has 0 fully saturated rings. The number of anilines is 2. The number of aromatic nitrogens is 2. The fourth-order valence-corrected chi connectivity index (χ4v) is 3.17. The van der Waals surface area contributed by atoms with Crippen molar-refractivity contribution in [3.05, 3.63) is 54.1 Å². The molecule has 164 valence electrons. The molecule has 3 N–H and O–H groups in total. The van der Waals surface area contributed by atoms with Crippen molar-refractivity contribution < 1.29 is 14.3 Å². The van der Waals surface area contributed by atoms with E-state index in [1.165, 1.54) is 0 Å². The summed E-state index contributed by atoms with van der Waals surface area (Å²) < 4.78 is 7.44. The van der Waals surface area contributed by atoms with Crippen LogP contribution in [-0.2, 0) is 11.3 Å². The zero-order chi connectivity index (χ0) is 22.2. The summed E-state index contributed by atoms with van der Waals surface area (Å²) in [7, 11) is 0. The maximum atomic E-state index is 12.8. The van der Waals surface area contributed by atoms with Crippen LogP contribution < -0.4 is 16.0 Å². The summed E-state index contributed by atoms with van der Waals surface area (Å²) in [5, 5.41) is 8.41. The van der Waals surface area contributed by atoms with Gasteiger partial charge in [0.15, 0.2) is 0 Å². The second-order valence-corrected chi connectivity index (χ2v) is 7.41. The Labute approximate surface area is 182 Å². The Hall–Kier alpha value is -3.39. The van der Waals surface area contributed by atoms with Crippen LogP contribution in [0.2, 0.25) is 0 Å². The molecule has 3 aromatic rings. The van der Waals surface area contributed by atoms with E-state index in [9.17, 15) is 9.59 Å². The normalized spacial score (nSPS) is 11.0. The first-order chi connectivity index (χ1) is 15.0. The number of ether oxygens (including phenoxy) is 1. The van der Waals surface area contributed by atoms with E-state index in [0.717, 1.165) is 17.5 Å². The lowest BCUT2D eigenvalue weighted by Crippen LogP contribution is -2.34. The molecule has 1 heterocycles. The number of nitrogens with zero attached hydrogens (tertiary/aromatic N) is 2. The highest BCUT2D eigenvalue weighted by Crippen LogP contribution is 2.21. The molecule has 2 aromatic carbocycles. The number of fused-ring (bicyclic) bond motifs is 1. The van der Waals surface area contributed by atoms with E-state index in [-0.39, 0.29) is 18.0 Å². The molecule has 0 spiro atoms. The third kappa shape index (κ3) is 6.05. The number of nitrogens with one attached hydrogen (secondary N) is 3. The van der Waals surface area contributed by atoms with Crippen LogP contribution in [0, 0.1) is 0 Å². The van der Waals surface area contributed by atoms with Crippen molar-refractivity contribution in [2.75, 3.05) is 23.8 Å². The van der Waals surface area contributed by atoms with Crippen molar-refractivity contribution in [2.45, 2.75) is 39.8 Å². The van der Waals surface area contributed by atoms with Gasteiger partial charge in [-0.05, 0) is 63.6 Å². The summed E-state index contributed by atoms with van der Waals surface area (Å²) >= 11 is 0. The van der Waals surface area contributed by atoms with E-state index in [0.29, 0.717) is 37.0 Å². The largest absolute Gasteiger partial charge is 0.382 e. The molecule has 0 unspecified atom stereocenters. The molecular formula is C23H29N5O3. The first kappa shape index (κ1) is 22.3. The number of para-hydroxylation sites is 2. The van der Waals surface area contributed by atoms with Gasteiger partial charge in [0, 0.05) is 37.1 Å². The molecular weight excluding hydrogens is 394 g/mol. The molecule has 0 aliphatic heterocycles. The van der Waals surface area contributed by atoms with Crippen molar-refractivity contribution >= 4 is 34.6 Å². The van der Waals surface area contributed by atoms with Gasteiger partial charge in [0.25, 0.3) is 5.91 Å². The van der Waals surface area contributed by atoms with Gasteiger partial charge < -0.3 is 19.9 Å². The van der Waals surface area contributed by atoms with E-state index in [1.807, 2.05) is 49.6 Å². The lowest BCUT2D eigenvalue weighted by molar-refractivity contribution is 0.102. The monoisotopic (exact) mass is 423 g/mol. The van der Waals surface area contributed by atoms with Crippen molar-refractivity contribution in [3.63, 3.8) is 0 Å². The van der Waals surface area contributed by atoms with Gasteiger partial charge in [0.2, 0.25) is 5.95 Å². The SMILES string of the molecule is CCOCCCn1c(NC(=O)c2ccc(NC(=O)NC(C)C)cc2)nc2ccccc21. The van der Waals surface area contributed by atoms with Crippen LogP contribution in [0.1, 0.15) is 37.6 Å². The topological polar surface area (TPSA) is 97.3 Å². The molecule has 3 rings (SSSR count). The van der Waals surface area contributed by atoms with Crippen LogP contribution in [0.3, 0.4) is 0 Å². The Morgan fingerprint density at radius 2 is 1.81 bits per heavy atom. The Morgan fingerprint density at radius 1 is 1.06 bits per heavy atom. The number of amides is 3. The number of rotatable bonds is 9. The molecule has 1 aromatic heterocycles. The average Bonchev–Trinajstić information content (AvgIpc) is 3.08. The van der Waals surface area contributed by atoms with Crippen LogP contribution in [0.4, 0.5) is 16.4 Å². The number of hydrogen-bond donors (Lipinski definition) is 3. The average molecular weight is 424 g/mol. The highest BCUT2D eigenvalue weighted by Gasteiger charge is 2.14. The molecule has 31 heavy (non-hydrogen) atoms. The Bertz CT molecular complexity index is 1030. The smallest absolute Gasteiger partial charge is 0.319 e. The van der Waals surface area contributed by atoms with E-state index in [1.54, 1.807) is 24.3 Å². The summed E-state index contributed by atoms with van der Waals surface area (Å²) in [5.41, 5.74) is 2.87. The number of benzene rings is 2. The minimum absolute atomic E-state index is 0.0397. The number of aryl methyl sites for hydroxylation is 1. The van der Waals surface area contributed by atoms with Gasteiger partial charge in [-0.1, -0.05) is 12.1 Å². The predicted molar refractivity (Wildman–Crippen MR) is 123 cm³/mol.